The lowest BCUT2D eigenvalue weighted by Gasteiger charge is -2.27. The number of hydrogen-bond acceptors (Lipinski definition) is 3. The zero-order valence-electron chi connectivity index (χ0n) is 11.0. The molecule has 0 unspecified atom stereocenters. The molecule has 2 bridgehead atoms. The molecule has 2 fully saturated rings. The molecule has 2 aliphatic rings. The molecule has 0 saturated heterocycles. The summed E-state index contributed by atoms with van der Waals surface area (Å²) >= 11 is 0. The van der Waals surface area contributed by atoms with Gasteiger partial charge in [0.1, 0.15) is 6.61 Å². The highest BCUT2D eigenvalue weighted by molar-refractivity contribution is 5.68. The number of carbonyl (C=O) groups excluding carboxylic acids is 1. The van der Waals surface area contributed by atoms with Crippen molar-refractivity contribution in [1.29, 1.82) is 0 Å². The van der Waals surface area contributed by atoms with Crippen LogP contribution in [0.2, 0.25) is 0 Å². The van der Waals surface area contributed by atoms with Crippen LogP contribution in [0.25, 0.3) is 0 Å². The first-order chi connectivity index (χ1) is 9.09. The molecule has 19 heavy (non-hydrogen) atoms. The summed E-state index contributed by atoms with van der Waals surface area (Å²) in [5.74, 6) is 0. The molecule has 0 radical (unpaired) electrons. The summed E-state index contributed by atoms with van der Waals surface area (Å²) in [6.45, 7) is 0.316. The van der Waals surface area contributed by atoms with E-state index in [9.17, 15) is 4.79 Å². The monoisotopic (exact) mass is 260 g/mol. The summed E-state index contributed by atoms with van der Waals surface area (Å²) in [5.41, 5.74) is 7.08. The number of ether oxygens (including phenoxy) is 1. The Morgan fingerprint density at radius 3 is 2.47 bits per heavy atom. The number of carbonyl (C=O) groups is 1. The Morgan fingerprint density at radius 2 is 1.89 bits per heavy atom. The Hall–Kier alpha value is -1.55. The molecule has 3 rings (SSSR count). The average molecular weight is 260 g/mol. The van der Waals surface area contributed by atoms with Gasteiger partial charge in [0.15, 0.2) is 0 Å². The van der Waals surface area contributed by atoms with Gasteiger partial charge in [0, 0.05) is 11.1 Å². The second-order valence-electron chi connectivity index (χ2n) is 6.01. The zero-order valence-corrected chi connectivity index (χ0v) is 11.0. The van der Waals surface area contributed by atoms with Crippen molar-refractivity contribution in [2.24, 2.45) is 5.73 Å². The van der Waals surface area contributed by atoms with Gasteiger partial charge < -0.3 is 15.8 Å². The highest BCUT2D eigenvalue weighted by Gasteiger charge is 2.53. The van der Waals surface area contributed by atoms with Crippen LogP contribution in [0.4, 0.5) is 4.79 Å². The van der Waals surface area contributed by atoms with Crippen molar-refractivity contribution >= 4 is 6.09 Å². The quantitative estimate of drug-likeness (QED) is 0.876. The minimum atomic E-state index is -0.324. The van der Waals surface area contributed by atoms with E-state index in [1.807, 2.05) is 30.3 Å². The van der Waals surface area contributed by atoms with E-state index < -0.39 is 0 Å². The van der Waals surface area contributed by atoms with Crippen LogP contribution in [-0.4, -0.2) is 17.2 Å². The van der Waals surface area contributed by atoms with E-state index in [-0.39, 0.29) is 17.2 Å². The molecule has 0 aliphatic heterocycles. The molecule has 4 nitrogen and oxygen atoms in total. The van der Waals surface area contributed by atoms with Gasteiger partial charge in [-0.25, -0.2) is 4.79 Å². The Bertz CT molecular complexity index is 464. The minimum Gasteiger partial charge on any atom is -0.445 e. The molecule has 4 heteroatoms. The van der Waals surface area contributed by atoms with E-state index in [2.05, 4.69) is 5.32 Å². The first-order valence-corrected chi connectivity index (χ1v) is 6.87. The lowest BCUT2D eigenvalue weighted by molar-refractivity contribution is 0.126. The predicted molar refractivity (Wildman–Crippen MR) is 72.5 cm³/mol. The van der Waals surface area contributed by atoms with Crippen LogP contribution < -0.4 is 11.1 Å². The molecule has 2 aliphatic carbocycles. The molecule has 1 aromatic carbocycles. The predicted octanol–water partition coefficient (Wildman–Crippen LogP) is 2.33. The maximum atomic E-state index is 11.9. The van der Waals surface area contributed by atoms with Crippen molar-refractivity contribution in [3.63, 3.8) is 0 Å². The molecule has 0 spiro atoms. The SMILES string of the molecule is NC12CCC(NC(=O)OCc3ccccc3)(CC1)C2. The van der Waals surface area contributed by atoms with Crippen LogP contribution in [0.3, 0.4) is 0 Å². The molecule has 0 atom stereocenters. The van der Waals surface area contributed by atoms with Crippen molar-refractivity contribution in [1.82, 2.24) is 5.32 Å². The maximum Gasteiger partial charge on any atom is 0.407 e. The normalized spacial score (nSPS) is 32.3. The van der Waals surface area contributed by atoms with E-state index in [0.29, 0.717) is 6.61 Å². The molecular formula is C15H20N2O2. The topological polar surface area (TPSA) is 64.3 Å². The third kappa shape index (κ3) is 2.59. The van der Waals surface area contributed by atoms with E-state index in [1.165, 1.54) is 0 Å². The molecule has 1 aromatic rings. The second kappa shape index (κ2) is 4.53. The highest BCUT2D eigenvalue weighted by Crippen LogP contribution is 2.49. The summed E-state index contributed by atoms with van der Waals surface area (Å²) in [5, 5.41) is 3.04. The summed E-state index contributed by atoms with van der Waals surface area (Å²) in [6, 6.07) is 9.71. The number of benzene rings is 1. The van der Waals surface area contributed by atoms with Crippen molar-refractivity contribution < 1.29 is 9.53 Å². The van der Waals surface area contributed by atoms with Crippen LogP contribution in [0, 0.1) is 0 Å². The fourth-order valence-electron chi connectivity index (χ4n) is 3.40. The first kappa shape index (κ1) is 12.5. The Labute approximate surface area is 113 Å². The van der Waals surface area contributed by atoms with Crippen molar-refractivity contribution in [2.75, 3.05) is 0 Å². The molecule has 0 aromatic heterocycles. The molecule has 2 saturated carbocycles. The van der Waals surface area contributed by atoms with Gasteiger partial charge >= 0.3 is 6.09 Å². The number of fused-ring (bicyclic) bond motifs is 2. The van der Waals surface area contributed by atoms with Crippen molar-refractivity contribution in [3.8, 4) is 0 Å². The summed E-state index contributed by atoms with van der Waals surface area (Å²) in [7, 11) is 0. The summed E-state index contributed by atoms with van der Waals surface area (Å²) in [4.78, 5) is 11.9. The molecular weight excluding hydrogens is 240 g/mol. The molecule has 3 N–H and O–H groups in total. The standard InChI is InChI=1S/C15H20N2O2/c16-14-6-8-15(11-14,9-7-14)17-13(18)19-10-12-4-2-1-3-5-12/h1-5H,6-11,16H2,(H,17,18). The lowest BCUT2D eigenvalue weighted by atomic mass is 9.92. The Morgan fingerprint density at radius 1 is 1.21 bits per heavy atom. The Kier molecular flexibility index (Phi) is 2.97. The van der Waals surface area contributed by atoms with E-state index in [1.54, 1.807) is 0 Å². The number of alkyl carbamates (subject to hydrolysis) is 1. The van der Waals surface area contributed by atoms with Crippen LogP contribution in [0.5, 0.6) is 0 Å². The highest BCUT2D eigenvalue weighted by atomic mass is 16.5. The number of amides is 1. The largest absolute Gasteiger partial charge is 0.445 e. The van der Waals surface area contributed by atoms with Crippen LogP contribution >= 0.6 is 0 Å². The van der Waals surface area contributed by atoms with Gasteiger partial charge in [-0.2, -0.15) is 0 Å². The van der Waals surface area contributed by atoms with Gasteiger partial charge in [-0.05, 0) is 37.7 Å². The van der Waals surface area contributed by atoms with Gasteiger partial charge in [0.05, 0.1) is 0 Å². The molecule has 0 heterocycles. The summed E-state index contributed by atoms with van der Waals surface area (Å²) in [6.07, 6.45) is 4.53. The second-order valence-corrected chi connectivity index (χ2v) is 6.01. The van der Waals surface area contributed by atoms with Gasteiger partial charge in [-0.1, -0.05) is 30.3 Å². The minimum absolute atomic E-state index is 0.0489. The van der Waals surface area contributed by atoms with Crippen LogP contribution in [-0.2, 0) is 11.3 Å². The van der Waals surface area contributed by atoms with Gasteiger partial charge in [0.25, 0.3) is 0 Å². The number of hydrogen-bond donors (Lipinski definition) is 2. The smallest absolute Gasteiger partial charge is 0.407 e. The van der Waals surface area contributed by atoms with E-state index in [0.717, 1.165) is 37.7 Å². The molecule has 1 amide bonds. The summed E-state index contributed by atoms with van der Waals surface area (Å²) < 4.78 is 5.28. The average Bonchev–Trinajstić information content (AvgIpc) is 2.91. The van der Waals surface area contributed by atoms with Gasteiger partial charge in [0.2, 0.25) is 0 Å². The zero-order chi connectivity index (χ0) is 13.3. The number of nitrogens with one attached hydrogen (secondary N) is 1. The third-order valence-corrected chi connectivity index (χ3v) is 4.47. The fourth-order valence-corrected chi connectivity index (χ4v) is 3.40. The number of nitrogens with two attached hydrogens (primary N) is 1. The lowest BCUT2D eigenvalue weighted by Crippen LogP contribution is -2.45. The maximum absolute atomic E-state index is 11.9. The Balaban J connectivity index is 1.52. The van der Waals surface area contributed by atoms with Gasteiger partial charge in [-0.3, -0.25) is 0 Å². The van der Waals surface area contributed by atoms with Gasteiger partial charge in [-0.15, -0.1) is 0 Å². The third-order valence-electron chi connectivity index (χ3n) is 4.47. The van der Waals surface area contributed by atoms with E-state index in [4.69, 9.17) is 10.5 Å². The van der Waals surface area contributed by atoms with E-state index >= 15 is 0 Å². The van der Waals surface area contributed by atoms with Crippen molar-refractivity contribution in [3.05, 3.63) is 35.9 Å². The van der Waals surface area contributed by atoms with Crippen LogP contribution in [0.15, 0.2) is 30.3 Å². The van der Waals surface area contributed by atoms with Crippen LogP contribution in [0.1, 0.15) is 37.7 Å². The fraction of sp³-hybridized carbons (Fsp3) is 0.533. The van der Waals surface area contributed by atoms with Crippen molar-refractivity contribution in [2.45, 2.75) is 49.8 Å². The molecule has 102 valence electrons. The first-order valence-electron chi connectivity index (χ1n) is 6.87. The number of rotatable bonds is 3.